The van der Waals surface area contributed by atoms with Crippen molar-refractivity contribution in [2.45, 2.75) is 13.3 Å². The lowest BCUT2D eigenvalue weighted by molar-refractivity contribution is -0.117. The summed E-state index contributed by atoms with van der Waals surface area (Å²) in [6.07, 6.45) is 0.288. The molecule has 18 heavy (non-hydrogen) atoms. The van der Waals surface area contributed by atoms with Crippen LogP contribution >= 0.6 is 0 Å². The molecule has 1 aromatic carbocycles. The van der Waals surface area contributed by atoms with Crippen molar-refractivity contribution in [1.82, 2.24) is 0 Å². The number of anilines is 1. The Morgan fingerprint density at radius 1 is 1.61 bits per heavy atom. The molecule has 1 atom stereocenters. The number of amides is 1. The van der Waals surface area contributed by atoms with Crippen LogP contribution in [-0.2, 0) is 9.53 Å². The first-order chi connectivity index (χ1) is 8.56. The second-order valence-corrected chi connectivity index (χ2v) is 4.11. The van der Waals surface area contributed by atoms with Crippen LogP contribution in [0.15, 0.2) is 18.2 Å². The quantitative estimate of drug-likeness (QED) is 0.872. The van der Waals surface area contributed by atoms with Crippen molar-refractivity contribution in [3.8, 4) is 6.07 Å². The van der Waals surface area contributed by atoms with Crippen LogP contribution in [0, 0.1) is 23.1 Å². The Morgan fingerprint density at radius 3 is 2.94 bits per heavy atom. The molecule has 96 valence electrons. The van der Waals surface area contributed by atoms with Crippen molar-refractivity contribution in [2.75, 3.05) is 19.0 Å². The summed E-state index contributed by atoms with van der Waals surface area (Å²) in [6, 6.07) is 5.52. The van der Waals surface area contributed by atoms with Gasteiger partial charge in [0.2, 0.25) is 5.91 Å². The molecule has 1 unspecified atom stereocenters. The molecule has 0 aliphatic rings. The van der Waals surface area contributed by atoms with Gasteiger partial charge in [-0.1, -0.05) is 6.92 Å². The highest BCUT2D eigenvalue weighted by atomic mass is 19.1. The summed E-state index contributed by atoms with van der Waals surface area (Å²) in [5, 5.41) is 11.4. The Hall–Kier alpha value is -1.93. The van der Waals surface area contributed by atoms with Gasteiger partial charge in [-0.2, -0.15) is 5.26 Å². The van der Waals surface area contributed by atoms with Crippen molar-refractivity contribution in [2.24, 2.45) is 5.92 Å². The fourth-order valence-corrected chi connectivity index (χ4v) is 1.58. The molecule has 0 aromatic heterocycles. The summed E-state index contributed by atoms with van der Waals surface area (Å²) < 4.78 is 17.8. The van der Waals surface area contributed by atoms with Gasteiger partial charge in [-0.25, -0.2) is 4.39 Å². The Morgan fingerprint density at radius 2 is 2.33 bits per heavy atom. The van der Waals surface area contributed by atoms with Crippen LogP contribution < -0.4 is 5.32 Å². The van der Waals surface area contributed by atoms with Crippen molar-refractivity contribution in [3.63, 3.8) is 0 Å². The topological polar surface area (TPSA) is 62.1 Å². The smallest absolute Gasteiger partial charge is 0.224 e. The number of halogens is 1. The van der Waals surface area contributed by atoms with Gasteiger partial charge in [0.15, 0.2) is 0 Å². The molecular weight excluding hydrogens is 235 g/mol. The van der Waals surface area contributed by atoms with E-state index < -0.39 is 5.82 Å². The van der Waals surface area contributed by atoms with Crippen molar-refractivity contribution in [1.29, 1.82) is 5.26 Å². The minimum Gasteiger partial charge on any atom is -0.384 e. The van der Waals surface area contributed by atoms with E-state index >= 15 is 0 Å². The number of carbonyl (C=O) groups is 1. The van der Waals surface area contributed by atoms with E-state index in [1.807, 2.05) is 13.0 Å². The molecule has 0 radical (unpaired) electrons. The highest BCUT2D eigenvalue weighted by Gasteiger charge is 2.11. The Labute approximate surface area is 105 Å². The number of rotatable bonds is 5. The summed E-state index contributed by atoms with van der Waals surface area (Å²) in [6.45, 7) is 2.38. The molecular formula is C13H15FN2O2. The number of nitriles is 1. The zero-order valence-electron chi connectivity index (χ0n) is 10.4. The van der Waals surface area contributed by atoms with Crippen LogP contribution in [0.3, 0.4) is 0 Å². The van der Waals surface area contributed by atoms with E-state index in [2.05, 4.69) is 5.32 Å². The second-order valence-electron chi connectivity index (χ2n) is 4.11. The lowest BCUT2D eigenvalue weighted by atomic mass is 10.1. The number of hydrogen-bond donors (Lipinski definition) is 1. The molecule has 0 saturated heterocycles. The van der Waals surface area contributed by atoms with Crippen LogP contribution in [0.2, 0.25) is 0 Å². The maximum Gasteiger partial charge on any atom is 0.224 e. The molecule has 1 rings (SSSR count). The van der Waals surface area contributed by atoms with Gasteiger partial charge in [-0.15, -0.1) is 0 Å². The maximum atomic E-state index is 12.9. The molecule has 0 heterocycles. The Kier molecular flexibility index (Phi) is 5.28. The zero-order chi connectivity index (χ0) is 13.5. The van der Waals surface area contributed by atoms with Gasteiger partial charge < -0.3 is 10.1 Å². The highest BCUT2D eigenvalue weighted by Crippen LogP contribution is 2.16. The van der Waals surface area contributed by atoms with Crippen molar-refractivity contribution in [3.05, 3.63) is 29.6 Å². The Bertz CT molecular complexity index is 469. The fourth-order valence-electron chi connectivity index (χ4n) is 1.58. The fraction of sp³-hybridized carbons (Fsp3) is 0.385. The van der Waals surface area contributed by atoms with E-state index in [1.165, 1.54) is 12.1 Å². The molecule has 0 saturated carbocycles. The van der Waals surface area contributed by atoms with E-state index in [4.69, 9.17) is 10.00 Å². The van der Waals surface area contributed by atoms with Crippen LogP contribution in [0.1, 0.15) is 18.9 Å². The molecule has 0 aliphatic carbocycles. The maximum absolute atomic E-state index is 12.9. The van der Waals surface area contributed by atoms with Crippen LogP contribution in [-0.4, -0.2) is 19.6 Å². The number of benzene rings is 1. The van der Waals surface area contributed by atoms with E-state index in [0.29, 0.717) is 12.3 Å². The second kappa shape index (κ2) is 6.72. The van der Waals surface area contributed by atoms with Gasteiger partial charge in [0.25, 0.3) is 0 Å². The predicted octanol–water partition coefficient (Wildman–Crippen LogP) is 2.31. The summed E-state index contributed by atoms with van der Waals surface area (Å²) in [4.78, 5) is 11.7. The van der Waals surface area contributed by atoms with Crippen LogP contribution in [0.25, 0.3) is 0 Å². The number of hydrogen-bond acceptors (Lipinski definition) is 3. The molecule has 4 nitrogen and oxygen atoms in total. The van der Waals surface area contributed by atoms with E-state index in [0.717, 1.165) is 6.07 Å². The largest absolute Gasteiger partial charge is 0.384 e. The number of ether oxygens (including phenoxy) is 1. The van der Waals surface area contributed by atoms with Crippen LogP contribution in [0.5, 0.6) is 0 Å². The summed E-state index contributed by atoms with van der Waals surface area (Å²) in [7, 11) is 1.57. The predicted molar refractivity (Wildman–Crippen MR) is 65.4 cm³/mol. The molecule has 0 aliphatic heterocycles. The first kappa shape index (κ1) is 14.1. The first-order valence-corrected chi connectivity index (χ1v) is 5.55. The monoisotopic (exact) mass is 250 g/mol. The van der Waals surface area contributed by atoms with Gasteiger partial charge >= 0.3 is 0 Å². The molecule has 1 aromatic rings. The number of nitrogens with one attached hydrogen (secondary N) is 1. The minimum atomic E-state index is -0.502. The third kappa shape index (κ3) is 4.15. The molecule has 1 amide bonds. The molecule has 0 bridgehead atoms. The van der Waals surface area contributed by atoms with E-state index in [1.54, 1.807) is 7.11 Å². The van der Waals surface area contributed by atoms with Gasteiger partial charge in [-0.3, -0.25) is 4.79 Å². The Balaban J connectivity index is 2.68. The van der Waals surface area contributed by atoms with Crippen LogP contribution in [0.4, 0.5) is 10.1 Å². The average Bonchev–Trinajstić information content (AvgIpc) is 2.31. The normalized spacial score (nSPS) is 11.7. The standard InChI is InChI=1S/C13H15FN2O2/c1-9(8-18-2)5-13(17)16-12-4-3-11(14)6-10(12)7-15/h3-4,6,9H,5,8H2,1-2H3,(H,16,17). The lowest BCUT2D eigenvalue weighted by Gasteiger charge is -2.11. The van der Waals surface area contributed by atoms with Crippen molar-refractivity contribution < 1.29 is 13.9 Å². The van der Waals surface area contributed by atoms with E-state index in [-0.39, 0.29) is 23.8 Å². The SMILES string of the molecule is COCC(C)CC(=O)Nc1ccc(F)cc1C#N. The lowest BCUT2D eigenvalue weighted by Crippen LogP contribution is -2.18. The molecule has 1 N–H and O–H groups in total. The van der Waals surface area contributed by atoms with Gasteiger partial charge in [0.1, 0.15) is 11.9 Å². The van der Waals surface area contributed by atoms with Gasteiger partial charge in [0.05, 0.1) is 11.3 Å². The third-order valence-electron chi connectivity index (χ3n) is 2.36. The summed E-state index contributed by atoms with van der Waals surface area (Å²) in [5.41, 5.74) is 0.441. The first-order valence-electron chi connectivity index (χ1n) is 5.55. The molecule has 5 heteroatoms. The number of carbonyl (C=O) groups excluding carboxylic acids is 1. The minimum absolute atomic E-state index is 0.0842. The summed E-state index contributed by atoms with van der Waals surface area (Å²) in [5.74, 6) is -0.638. The molecule has 0 fully saturated rings. The zero-order valence-corrected chi connectivity index (χ0v) is 10.4. The number of methoxy groups -OCH3 is 1. The molecule has 0 spiro atoms. The number of nitrogens with zero attached hydrogens (tertiary/aromatic N) is 1. The average molecular weight is 250 g/mol. The van der Waals surface area contributed by atoms with Gasteiger partial charge in [0, 0.05) is 20.1 Å². The third-order valence-corrected chi connectivity index (χ3v) is 2.36. The van der Waals surface area contributed by atoms with Crippen molar-refractivity contribution >= 4 is 11.6 Å². The highest BCUT2D eigenvalue weighted by molar-refractivity contribution is 5.92. The summed E-state index contributed by atoms with van der Waals surface area (Å²) >= 11 is 0. The van der Waals surface area contributed by atoms with Gasteiger partial charge in [-0.05, 0) is 24.1 Å². The van der Waals surface area contributed by atoms with E-state index in [9.17, 15) is 9.18 Å².